The lowest BCUT2D eigenvalue weighted by molar-refractivity contribution is -0.123. The van der Waals surface area contributed by atoms with Gasteiger partial charge in [-0.3, -0.25) is 4.79 Å². The number of carbonyl (C=O) groups is 1. The highest BCUT2D eigenvalue weighted by Crippen LogP contribution is 2.28. The first kappa shape index (κ1) is 13.8. The van der Waals surface area contributed by atoms with Crippen LogP contribution in [0.4, 0.5) is 5.69 Å². The molecular weight excluding hydrogens is 244 g/mol. The van der Waals surface area contributed by atoms with Crippen molar-refractivity contribution in [1.82, 2.24) is 0 Å². The molecule has 0 bridgehead atoms. The quantitative estimate of drug-likeness (QED) is 0.859. The van der Waals surface area contributed by atoms with E-state index in [1.165, 1.54) is 0 Å². The molecule has 5 nitrogen and oxygen atoms in total. The summed E-state index contributed by atoms with van der Waals surface area (Å²) in [6.45, 7) is 5.06. The van der Waals surface area contributed by atoms with Gasteiger partial charge in [0.1, 0.15) is 11.3 Å². The van der Waals surface area contributed by atoms with E-state index < -0.39 is 5.54 Å². The number of likely N-dealkylation sites (N-methyl/N-ethyl adjacent to an activating group) is 1. The van der Waals surface area contributed by atoms with Crippen molar-refractivity contribution in [2.75, 3.05) is 24.7 Å². The summed E-state index contributed by atoms with van der Waals surface area (Å²) in [6.07, 6.45) is 0.528. The second-order valence-corrected chi connectivity index (χ2v) is 4.98. The number of anilines is 1. The van der Waals surface area contributed by atoms with Crippen molar-refractivity contribution in [3.63, 3.8) is 0 Å². The molecule has 0 radical (unpaired) electrons. The largest absolute Gasteiger partial charge is 0.508 e. The Kier molecular flexibility index (Phi) is 3.78. The second kappa shape index (κ2) is 5.19. The van der Waals surface area contributed by atoms with Crippen LogP contribution in [0.5, 0.6) is 5.75 Å². The van der Waals surface area contributed by atoms with Crippen LogP contribution in [-0.2, 0) is 9.53 Å². The molecule has 1 unspecified atom stereocenters. The number of carbonyl (C=O) groups excluding carboxylic acids is 1. The lowest BCUT2D eigenvalue weighted by Gasteiger charge is -2.30. The zero-order valence-electron chi connectivity index (χ0n) is 11.3. The van der Waals surface area contributed by atoms with Gasteiger partial charge in [-0.1, -0.05) is 6.07 Å². The van der Waals surface area contributed by atoms with Crippen LogP contribution in [0.25, 0.3) is 0 Å². The van der Waals surface area contributed by atoms with E-state index in [4.69, 9.17) is 10.5 Å². The van der Waals surface area contributed by atoms with Gasteiger partial charge in [0.05, 0.1) is 12.3 Å². The van der Waals surface area contributed by atoms with Crippen molar-refractivity contribution < 1.29 is 14.6 Å². The minimum Gasteiger partial charge on any atom is -0.508 e. The van der Waals surface area contributed by atoms with Crippen molar-refractivity contribution in [3.8, 4) is 5.75 Å². The topological polar surface area (TPSA) is 75.8 Å². The average Bonchev–Trinajstić information content (AvgIpc) is 2.82. The summed E-state index contributed by atoms with van der Waals surface area (Å²) in [7, 11) is 0. The zero-order chi connectivity index (χ0) is 14.0. The number of hydrogen-bond donors (Lipinski definition) is 2. The molecule has 3 N–H and O–H groups in total. The molecule has 5 heteroatoms. The van der Waals surface area contributed by atoms with Gasteiger partial charge in [-0.15, -0.1) is 0 Å². The van der Waals surface area contributed by atoms with Gasteiger partial charge in [-0.2, -0.15) is 0 Å². The molecule has 1 aliphatic rings. The van der Waals surface area contributed by atoms with Crippen LogP contribution in [0.1, 0.15) is 18.9 Å². The van der Waals surface area contributed by atoms with E-state index in [2.05, 4.69) is 0 Å². The van der Waals surface area contributed by atoms with Gasteiger partial charge < -0.3 is 20.5 Å². The molecule has 1 aliphatic heterocycles. The molecule has 0 aromatic heterocycles. The number of aryl methyl sites for hydroxylation is 1. The second-order valence-electron chi connectivity index (χ2n) is 4.98. The summed E-state index contributed by atoms with van der Waals surface area (Å²) in [5, 5.41) is 9.60. The zero-order valence-corrected chi connectivity index (χ0v) is 11.3. The maximum absolute atomic E-state index is 12.6. The number of phenols is 1. The number of nitrogens with zero attached hydrogens (tertiary/aromatic N) is 1. The van der Waals surface area contributed by atoms with Crippen LogP contribution in [0.3, 0.4) is 0 Å². The van der Waals surface area contributed by atoms with E-state index in [-0.39, 0.29) is 18.3 Å². The molecule has 1 amide bonds. The Morgan fingerprint density at radius 2 is 2.32 bits per heavy atom. The normalized spacial score (nSPS) is 22.5. The Morgan fingerprint density at radius 3 is 2.89 bits per heavy atom. The lowest BCUT2D eigenvalue weighted by Crippen LogP contribution is -2.56. The minimum atomic E-state index is -0.950. The molecule has 0 aliphatic carbocycles. The van der Waals surface area contributed by atoms with Crippen LogP contribution in [0.15, 0.2) is 18.2 Å². The number of amides is 1. The van der Waals surface area contributed by atoms with Crippen molar-refractivity contribution in [3.05, 3.63) is 23.8 Å². The van der Waals surface area contributed by atoms with Crippen molar-refractivity contribution in [2.45, 2.75) is 25.8 Å². The third-order valence-corrected chi connectivity index (χ3v) is 3.52. The molecule has 2 rings (SSSR count). The molecule has 1 atom stereocenters. The molecule has 1 aromatic rings. The summed E-state index contributed by atoms with van der Waals surface area (Å²) >= 11 is 0. The Bertz CT molecular complexity index is 482. The number of aromatic hydroxyl groups is 1. The third-order valence-electron chi connectivity index (χ3n) is 3.52. The molecule has 1 fully saturated rings. The van der Waals surface area contributed by atoms with E-state index in [1.807, 2.05) is 13.8 Å². The standard InChI is InChI=1S/C14H20N2O3/c1-3-16(12-8-11(17)5-4-10(12)2)13(18)14(15)6-7-19-9-14/h4-5,8,17H,3,6-7,9,15H2,1-2H3. The number of benzene rings is 1. The maximum atomic E-state index is 12.6. The number of hydrogen-bond acceptors (Lipinski definition) is 4. The highest BCUT2D eigenvalue weighted by Gasteiger charge is 2.41. The monoisotopic (exact) mass is 264 g/mol. The van der Waals surface area contributed by atoms with Gasteiger partial charge >= 0.3 is 0 Å². The SMILES string of the molecule is CCN(C(=O)C1(N)CCOC1)c1cc(O)ccc1C. The van der Waals surface area contributed by atoms with Gasteiger partial charge in [-0.05, 0) is 31.9 Å². The number of nitrogens with two attached hydrogens (primary N) is 1. The van der Waals surface area contributed by atoms with E-state index in [9.17, 15) is 9.90 Å². The summed E-state index contributed by atoms with van der Waals surface area (Å²) in [5.74, 6) is -0.0122. The predicted octanol–water partition coefficient (Wildman–Crippen LogP) is 1.17. The van der Waals surface area contributed by atoms with Gasteiger partial charge in [0.15, 0.2) is 0 Å². The highest BCUT2D eigenvalue weighted by atomic mass is 16.5. The summed E-state index contributed by atoms with van der Waals surface area (Å²) < 4.78 is 5.24. The van der Waals surface area contributed by atoms with E-state index in [1.54, 1.807) is 23.1 Å². The fourth-order valence-electron chi connectivity index (χ4n) is 2.33. The number of ether oxygens (including phenoxy) is 1. The molecule has 19 heavy (non-hydrogen) atoms. The van der Waals surface area contributed by atoms with Gasteiger partial charge in [0.2, 0.25) is 5.91 Å². The first-order chi connectivity index (χ1) is 8.98. The van der Waals surface area contributed by atoms with E-state index >= 15 is 0 Å². The molecule has 1 aromatic carbocycles. The van der Waals surface area contributed by atoms with Crippen molar-refractivity contribution in [2.24, 2.45) is 5.73 Å². The molecular formula is C14H20N2O3. The maximum Gasteiger partial charge on any atom is 0.249 e. The van der Waals surface area contributed by atoms with E-state index in [0.29, 0.717) is 25.3 Å². The predicted molar refractivity (Wildman–Crippen MR) is 73.2 cm³/mol. The summed E-state index contributed by atoms with van der Waals surface area (Å²) in [4.78, 5) is 14.2. The number of phenolic OH excluding ortho intramolecular Hbond substituents is 1. The first-order valence-corrected chi connectivity index (χ1v) is 6.46. The molecule has 1 saturated heterocycles. The number of rotatable bonds is 3. The van der Waals surface area contributed by atoms with Crippen molar-refractivity contribution in [1.29, 1.82) is 0 Å². The molecule has 1 heterocycles. The highest BCUT2D eigenvalue weighted by molar-refractivity contribution is 6.01. The minimum absolute atomic E-state index is 0.139. The Morgan fingerprint density at radius 1 is 1.58 bits per heavy atom. The average molecular weight is 264 g/mol. The van der Waals surface area contributed by atoms with Crippen LogP contribution in [0, 0.1) is 6.92 Å². The van der Waals surface area contributed by atoms with Crippen LogP contribution in [0.2, 0.25) is 0 Å². The van der Waals surface area contributed by atoms with Gasteiger partial charge in [0, 0.05) is 19.2 Å². The van der Waals surface area contributed by atoms with Crippen LogP contribution >= 0.6 is 0 Å². The van der Waals surface area contributed by atoms with Crippen molar-refractivity contribution >= 4 is 11.6 Å². The summed E-state index contributed by atoms with van der Waals surface area (Å²) in [6, 6.07) is 4.99. The fraction of sp³-hybridized carbons (Fsp3) is 0.500. The van der Waals surface area contributed by atoms with Gasteiger partial charge in [-0.25, -0.2) is 0 Å². The Balaban J connectivity index is 2.34. The van der Waals surface area contributed by atoms with E-state index in [0.717, 1.165) is 5.56 Å². The Hall–Kier alpha value is -1.59. The van der Waals surface area contributed by atoms with Crippen LogP contribution < -0.4 is 10.6 Å². The first-order valence-electron chi connectivity index (χ1n) is 6.46. The summed E-state index contributed by atoms with van der Waals surface area (Å²) in [5.41, 5.74) is 6.80. The molecule has 0 saturated carbocycles. The molecule has 104 valence electrons. The lowest BCUT2D eigenvalue weighted by atomic mass is 9.97. The van der Waals surface area contributed by atoms with Gasteiger partial charge in [0.25, 0.3) is 0 Å². The van der Waals surface area contributed by atoms with Crippen LogP contribution in [-0.4, -0.2) is 36.3 Å². The smallest absolute Gasteiger partial charge is 0.249 e. The fourth-order valence-corrected chi connectivity index (χ4v) is 2.33. The molecule has 0 spiro atoms. The Labute approximate surface area is 113 Å². The third kappa shape index (κ3) is 2.57.